The van der Waals surface area contributed by atoms with E-state index in [1.165, 1.54) is 16.7 Å². The molecule has 0 saturated heterocycles. The highest BCUT2D eigenvalue weighted by Crippen LogP contribution is 2.17. The van der Waals surface area contributed by atoms with E-state index in [-0.39, 0.29) is 0 Å². The molecule has 0 heterocycles. The number of hydrogen-bond donors (Lipinski definition) is 1. The minimum Gasteiger partial charge on any atom is -0.489 e. The molecule has 0 aliphatic rings. The average molecular weight is 241 g/mol. The standard InChI is InChI=1S/C16H19NO/c1-13-5-3-4-6-16(13)18-12-15-9-7-14(8-10-15)11-17-2/h3-10,17H,11-12H2,1-2H3. The third kappa shape index (κ3) is 3.34. The van der Waals surface area contributed by atoms with Gasteiger partial charge in [-0.1, -0.05) is 42.5 Å². The van der Waals surface area contributed by atoms with Crippen molar-refractivity contribution in [2.45, 2.75) is 20.1 Å². The second kappa shape index (κ2) is 6.22. The molecule has 2 rings (SSSR count). The van der Waals surface area contributed by atoms with E-state index in [0.29, 0.717) is 6.61 Å². The van der Waals surface area contributed by atoms with E-state index in [1.54, 1.807) is 0 Å². The third-order valence-corrected chi connectivity index (χ3v) is 2.89. The van der Waals surface area contributed by atoms with Crippen LogP contribution in [0.3, 0.4) is 0 Å². The lowest BCUT2D eigenvalue weighted by Gasteiger charge is -2.09. The molecule has 0 bridgehead atoms. The minimum atomic E-state index is 0.616. The summed E-state index contributed by atoms with van der Waals surface area (Å²) in [6.45, 7) is 3.58. The van der Waals surface area contributed by atoms with E-state index in [1.807, 2.05) is 25.2 Å². The van der Waals surface area contributed by atoms with Crippen molar-refractivity contribution in [2.75, 3.05) is 7.05 Å². The summed E-state index contributed by atoms with van der Waals surface area (Å²) in [5, 5.41) is 3.14. The van der Waals surface area contributed by atoms with E-state index in [4.69, 9.17) is 4.74 Å². The molecule has 0 saturated carbocycles. The Balaban J connectivity index is 1.96. The van der Waals surface area contributed by atoms with E-state index >= 15 is 0 Å². The van der Waals surface area contributed by atoms with E-state index in [0.717, 1.165) is 12.3 Å². The molecule has 94 valence electrons. The zero-order valence-corrected chi connectivity index (χ0v) is 10.9. The molecule has 18 heavy (non-hydrogen) atoms. The Bertz CT molecular complexity index is 491. The summed E-state index contributed by atoms with van der Waals surface area (Å²) in [5.74, 6) is 0.955. The van der Waals surface area contributed by atoms with Gasteiger partial charge in [0.05, 0.1) is 0 Å². The predicted octanol–water partition coefficient (Wildman–Crippen LogP) is 3.29. The third-order valence-electron chi connectivity index (χ3n) is 2.89. The van der Waals surface area contributed by atoms with Crippen molar-refractivity contribution in [3.8, 4) is 5.75 Å². The first-order chi connectivity index (χ1) is 8.79. The predicted molar refractivity (Wildman–Crippen MR) is 74.7 cm³/mol. The van der Waals surface area contributed by atoms with Gasteiger partial charge in [-0.25, -0.2) is 0 Å². The summed E-state index contributed by atoms with van der Waals surface area (Å²) in [5.41, 5.74) is 3.65. The van der Waals surface area contributed by atoms with Gasteiger partial charge in [-0.2, -0.15) is 0 Å². The van der Waals surface area contributed by atoms with Crippen LogP contribution in [0.1, 0.15) is 16.7 Å². The van der Waals surface area contributed by atoms with Gasteiger partial charge in [-0.3, -0.25) is 0 Å². The van der Waals surface area contributed by atoms with Gasteiger partial charge in [-0.15, -0.1) is 0 Å². The van der Waals surface area contributed by atoms with Crippen molar-refractivity contribution in [3.05, 3.63) is 65.2 Å². The number of benzene rings is 2. The molecule has 2 nitrogen and oxygen atoms in total. The summed E-state index contributed by atoms with van der Waals surface area (Å²) < 4.78 is 5.81. The maximum atomic E-state index is 5.81. The molecule has 0 atom stereocenters. The number of hydrogen-bond acceptors (Lipinski definition) is 2. The van der Waals surface area contributed by atoms with Crippen LogP contribution in [0.15, 0.2) is 48.5 Å². The Morgan fingerprint density at radius 2 is 1.61 bits per heavy atom. The maximum absolute atomic E-state index is 5.81. The van der Waals surface area contributed by atoms with E-state index < -0.39 is 0 Å². The number of ether oxygens (including phenoxy) is 1. The van der Waals surface area contributed by atoms with Crippen molar-refractivity contribution in [3.63, 3.8) is 0 Å². The Hall–Kier alpha value is -1.80. The Kier molecular flexibility index (Phi) is 4.37. The lowest BCUT2D eigenvalue weighted by atomic mass is 10.1. The molecule has 0 amide bonds. The van der Waals surface area contributed by atoms with Crippen LogP contribution in [0.25, 0.3) is 0 Å². The Labute approximate surface area is 109 Å². The average Bonchev–Trinajstić information content (AvgIpc) is 2.40. The molecule has 0 aliphatic carbocycles. The molecule has 0 aromatic heterocycles. The minimum absolute atomic E-state index is 0.616. The van der Waals surface area contributed by atoms with Crippen LogP contribution < -0.4 is 10.1 Å². The van der Waals surface area contributed by atoms with Crippen molar-refractivity contribution in [1.29, 1.82) is 0 Å². The van der Waals surface area contributed by atoms with Gasteiger partial charge >= 0.3 is 0 Å². The van der Waals surface area contributed by atoms with E-state index in [9.17, 15) is 0 Å². The SMILES string of the molecule is CNCc1ccc(COc2ccccc2C)cc1. The van der Waals surface area contributed by atoms with Crippen LogP contribution in [-0.2, 0) is 13.2 Å². The zero-order chi connectivity index (χ0) is 12.8. The van der Waals surface area contributed by atoms with Crippen molar-refractivity contribution in [1.82, 2.24) is 5.32 Å². The van der Waals surface area contributed by atoms with Crippen molar-refractivity contribution >= 4 is 0 Å². The fraction of sp³-hybridized carbons (Fsp3) is 0.250. The first-order valence-corrected chi connectivity index (χ1v) is 6.20. The molecular weight excluding hydrogens is 222 g/mol. The van der Waals surface area contributed by atoms with Gasteiger partial charge in [0.15, 0.2) is 0 Å². The quantitative estimate of drug-likeness (QED) is 0.867. The molecule has 2 aromatic carbocycles. The highest BCUT2D eigenvalue weighted by atomic mass is 16.5. The van der Waals surface area contributed by atoms with Crippen LogP contribution in [0, 0.1) is 6.92 Å². The molecule has 0 spiro atoms. The largest absolute Gasteiger partial charge is 0.489 e. The summed E-state index contributed by atoms with van der Waals surface area (Å²) in [6.07, 6.45) is 0. The maximum Gasteiger partial charge on any atom is 0.122 e. The first-order valence-electron chi connectivity index (χ1n) is 6.20. The molecule has 0 aliphatic heterocycles. The Morgan fingerprint density at radius 3 is 2.28 bits per heavy atom. The van der Waals surface area contributed by atoms with Gasteiger partial charge in [0, 0.05) is 6.54 Å². The lowest BCUT2D eigenvalue weighted by Crippen LogP contribution is -2.05. The van der Waals surface area contributed by atoms with Crippen LogP contribution in [0.2, 0.25) is 0 Å². The number of nitrogens with one attached hydrogen (secondary N) is 1. The van der Waals surface area contributed by atoms with Gasteiger partial charge in [0.1, 0.15) is 12.4 Å². The normalized spacial score (nSPS) is 10.3. The monoisotopic (exact) mass is 241 g/mol. The molecule has 0 unspecified atom stereocenters. The molecule has 2 aromatic rings. The number of rotatable bonds is 5. The first kappa shape index (κ1) is 12.7. The van der Waals surface area contributed by atoms with Crippen molar-refractivity contribution < 1.29 is 4.74 Å². The smallest absolute Gasteiger partial charge is 0.122 e. The summed E-state index contributed by atoms with van der Waals surface area (Å²) in [4.78, 5) is 0. The second-order valence-electron chi connectivity index (χ2n) is 4.40. The van der Waals surface area contributed by atoms with Crippen LogP contribution in [0.5, 0.6) is 5.75 Å². The topological polar surface area (TPSA) is 21.3 Å². The highest BCUT2D eigenvalue weighted by Gasteiger charge is 1.99. The van der Waals surface area contributed by atoms with Gasteiger partial charge in [0.2, 0.25) is 0 Å². The molecule has 0 fully saturated rings. The molecule has 2 heteroatoms. The number of para-hydroxylation sites is 1. The molecular formula is C16H19NO. The zero-order valence-electron chi connectivity index (χ0n) is 10.9. The lowest BCUT2D eigenvalue weighted by molar-refractivity contribution is 0.304. The van der Waals surface area contributed by atoms with Crippen LogP contribution >= 0.6 is 0 Å². The van der Waals surface area contributed by atoms with E-state index in [2.05, 4.69) is 42.6 Å². The second-order valence-corrected chi connectivity index (χ2v) is 4.40. The van der Waals surface area contributed by atoms with Crippen molar-refractivity contribution in [2.24, 2.45) is 0 Å². The fourth-order valence-electron chi connectivity index (χ4n) is 1.84. The highest BCUT2D eigenvalue weighted by molar-refractivity contribution is 5.32. The van der Waals surface area contributed by atoms with Crippen LogP contribution in [0.4, 0.5) is 0 Å². The number of aryl methyl sites for hydroxylation is 1. The Morgan fingerprint density at radius 1 is 0.944 bits per heavy atom. The summed E-state index contributed by atoms with van der Waals surface area (Å²) in [7, 11) is 1.95. The molecule has 1 N–H and O–H groups in total. The summed E-state index contributed by atoms with van der Waals surface area (Å²) in [6, 6.07) is 16.6. The van der Waals surface area contributed by atoms with Gasteiger partial charge < -0.3 is 10.1 Å². The summed E-state index contributed by atoms with van der Waals surface area (Å²) >= 11 is 0. The van der Waals surface area contributed by atoms with Gasteiger partial charge in [-0.05, 0) is 36.7 Å². The molecule has 0 radical (unpaired) electrons. The fourth-order valence-corrected chi connectivity index (χ4v) is 1.84. The van der Waals surface area contributed by atoms with Crippen LogP contribution in [-0.4, -0.2) is 7.05 Å². The van der Waals surface area contributed by atoms with Gasteiger partial charge in [0.25, 0.3) is 0 Å².